The molecule has 0 heterocycles. The molecule has 7 nitrogen and oxygen atoms in total. The van der Waals surface area contributed by atoms with Crippen LogP contribution < -0.4 is 10.1 Å². The fraction of sp³-hybridized carbons (Fsp3) is 0.292. The zero-order valence-electron chi connectivity index (χ0n) is 18.1. The van der Waals surface area contributed by atoms with Gasteiger partial charge in [-0.2, -0.15) is 0 Å². The van der Waals surface area contributed by atoms with Crippen LogP contribution in [0.25, 0.3) is 6.08 Å². The lowest BCUT2D eigenvalue weighted by atomic mass is 10.2. The summed E-state index contributed by atoms with van der Waals surface area (Å²) in [5.41, 5.74) is 1.63. The first kappa shape index (κ1) is 23.7. The number of methoxy groups -OCH3 is 1. The number of ether oxygens (including phenoxy) is 2. The van der Waals surface area contributed by atoms with Crippen LogP contribution in [0.5, 0.6) is 5.75 Å². The van der Waals surface area contributed by atoms with Gasteiger partial charge in [0.2, 0.25) is 11.8 Å². The van der Waals surface area contributed by atoms with Crippen molar-refractivity contribution >= 4 is 29.5 Å². The van der Waals surface area contributed by atoms with Crippen molar-refractivity contribution in [3.05, 3.63) is 65.7 Å². The Balaban J connectivity index is 1.89. The van der Waals surface area contributed by atoms with E-state index in [-0.39, 0.29) is 18.4 Å². The average molecular weight is 424 g/mol. The van der Waals surface area contributed by atoms with E-state index in [0.717, 1.165) is 18.4 Å². The Morgan fingerprint density at radius 1 is 1.10 bits per heavy atom. The van der Waals surface area contributed by atoms with Gasteiger partial charge in [0.05, 0.1) is 25.8 Å². The van der Waals surface area contributed by atoms with Crippen LogP contribution in [0.2, 0.25) is 0 Å². The van der Waals surface area contributed by atoms with E-state index in [1.165, 1.54) is 11.0 Å². The molecule has 0 saturated carbocycles. The van der Waals surface area contributed by atoms with E-state index >= 15 is 0 Å². The number of carbonyl (C=O) groups is 3. The molecule has 2 rings (SSSR count). The lowest BCUT2D eigenvalue weighted by Crippen LogP contribution is -2.33. The van der Waals surface area contributed by atoms with Crippen molar-refractivity contribution in [2.24, 2.45) is 0 Å². The van der Waals surface area contributed by atoms with Gasteiger partial charge in [0.25, 0.3) is 0 Å². The molecular formula is C24H28N2O5. The highest BCUT2D eigenvalue weighted by Crippen LogP contribution is 2.14. The summed E-state index contributed by atoms with van der Waals surface area (Å²) >= 11 is 0. The summed E-state index contributed by atoms with van der Waals surface area (Å²) in [6, 6.07) is 13.8. The molecule has 0 fully saturated rings. The molecule has 0 bridgehead atoms. The minimum absolute atomic E-state index is 0.132. The van der Waals surface area contributed by atoms with E-state index in [0.29, 0.717) is 23.6 Å². The van der Waals surface area contributed by atoms with Gasteiger partial charge in [-0.3, -0.25) is 9.59 Å². The number of carbonyl (C=O) groups excluding carboxylic acids is 3. The Kier molecular flexibility index (Phi) is 9.29. The van der Waals surface area contributed by atoms with E-state index in [1.807, 2.05) is 25.1 Å². The number of anilines is 1. The Morgan fingerprint density at radius 2 is 1.87 bits per heavy atom. The van der Waals surface area contributed by atoms with Gasteiger partial charge in [0, 0.05) is 18.8 Å². The Bertz CT molecular complexity index is 939. The quantitative estimate of drug-likeness (QED) is 0.357. The van der Waals surface area contributed by atoms with E-state index < -0.39 is 5.97 Å². The highest BCUT2D eigenvalue weighted by molar-refractivity contribution is 5.98. The van der Waals surface area contributed by atoms with Crippen LogP contribution in [-0.2, 0) is 14.3 Å². The number of hydrogen-bond acceptors (Lipinski definition) is 5. The highest BCUT2D eigenvalue weighted by Gasteiger charge is 2.12. The molecule has 31 heavy (non-hydrogen) atoms. The smallest absolute Gasteiger partial charge is 0.338 e. The zero-order chi connectivity index (χ0) is 22.6. The molecule has 0 aromatic heterocycles. The highest BCUT2D eigenvalue weighted by atomic mass is 16.5. The first-order chi connectivity index (χ1) is 14.9. The third-order valence-electron chi connectivity index (χ3n) is 4.38. The number of nitrogens with zero attached hydrogens (tertiary/aromatic N) is 1. The van der Waals surface area contributed by atoms with Crippen molar-refractivity contribution in [3.63, 3.8) is 0 Å². The van der Waals surface area contributed by atoms with Crippen LogP contribution in [0, 0.1) is 0 Å². The minimum atomic E-state index is -0.431. The number of nitrogens with one attached hydrogen (secondary N) is 1. The van der Waals surface area contributed by atoms with Crippen LogP contribution in [0.15, 0.2) is 54.6 Å². The summed E-state index contributed by atoms with van der Waals surface area (Å²) in [6.45, 7) is 2.24. The number of rotatable bonds is 10. The normalized spacial score (nSPS) is 10.5. The first-order valence-corrected chi connectivity index (χ1v) is 10.1. The number of unbranched alkanes of at least 4 members (excludes halogenated alkanes) is 1. The molecule has 0 radical (unpaired) electrons. The van der Waals surface area contributed by atoms with Gasteiger partial charge in [-0.1, -0.05) is 31.5 Å². The molecular weight excluding hydrogens is 396 g/mol. The number of likely N-dealkylation sites (N-methyl/N-ethyl adjacent to an activating group) is 1. The molecule has 2 aromatic carbocycles. The first-order valence-electron chi connectivity index (χ1n) is 10.1. The van der Waals surface area contributed by atoms with Crippen molar-refractivity contribution in [1.82, 2.24) is 4.90 Å². The Labute approximate surface area is 182 Å². The molecule has 0 aliphatic carbocycles. The maximum atomic E-state index is 12.3. The van der Waals surface area contributed by atoms with Gasteiger partial charge >= 0.3 is 5.97 Å². The molecule has 0 spiro atoms. The predicted octanol–water partition coefficient (Wildman–Crippen LogP) is 3.76. The van der Waals surface area contributed by atoms with Crippen LogP contribution in [-0.4, -0.2) is 50.0 Å². The summed E-state index contributed by atoms with van der Waals surface area (Å²) in [5, 5.41) is 2.70. The van der Waals surface area contributed by atoms with Gasteiger partial charge in [0.15, 0.2) is 0 Å². The van der Waals surface area contributed by atoms with Crippen LogP contribution >= 0.6 is 0 Å². The summed E-state index contributed by atoms with van der Waals surface area (Å²) in [7, 11) is 3.12. The molecule has 2 aromatic rings. The summed E-state index contributed by atoms with van der Waals surface area (Å²) in [5.74, 6) is -0.424. The molecule has 0 unspecified atom stereocenters. The van der Waals surface area contributed by atoms with E-state index in [4.69, 9.17) is 9.47 Å². The van der Waals surface area contributed by atoms with E-state index in [1.54, 1.807) is 50.6 Å². The second kappa shape index (κ2) is 12.2. The van der Waals surface area contributed by atoms with Gasteiger partial charge < -0.3 is 19.7 Å². The fourth-order valence-corrected chi connectivity index (χ4v) is 2.65. The van der Waals surface area contributed by atoms with Gasteiger partial charge in [0.1, 0.15) is 5.75 Å². The van der Waals surface area contributed by atoms with E-state index in [2.05, 4.69) is 5.32 Å². The molecule has 0 aliphatic heterocycles. The monoisotopic (exact) mass is 424 g/mol. The zero-order valence-corrected chi connectivity index (χ0v) is 18.1. The third kappa shape index (κ3) is 7.97. The number of esters is 1. The summed E-state index contributed by atoms with van der Waals surface area (Å²) < 4.78 is 10.3. The second-order valence-electron chi connectivity index (χ2n) is 6.92. The van der Waals surface area contributed by atoms with E-state index in [9.17, 15) is 14.4 Å². The summed E-state index contributed by atoms with van der Waals surface area (Å²) in [6.07, 6.45) is 4.79. The van der Waals surface area contributed by atoms with Gasteiger partial charge in [-0.05, 0) is 48.4 Å². The van der Waals surface area contributed by atoms with Gasteiger partial charge in [-0.25, -0.2) is 4.79 Å². The van der Waals surface area contributed by atoms with Gasteiger partial charge in [-0.15, -0.1) is 0 Å². The molecule has 0 saturated heterocycles. The SMILES string of the molecule is CCCCOC(=O)c1cccc(NC(=O)CN(C)C(=O)/C=C/c2cccc(OC)c2)c1. The van der Waals surface area contributed by atoms with Crippen molar-refractivity contribution < 1.29 is 23.9 Å². The van der Waals surface area contributed by atoms with Crippen molar-refractivity contribution in [2.45, 2.75) is 19.8 Å². The maximum Gasteiger partial charge on any atom is 0.338 e. The van der Waals surface area contributed by atoms with Crippen molar-refractivity contribution in [3.8, 4) is 5.75 Å². The maximum absolute atomic E-state index is 12.3. The molecule has 0 aliphatic rings. The lowest BCUT2D eigenvalue weighted by Gasteiger charge is -2.15. The number of hydrogen-bond donors (Lipinski definition) is 1. The molecule has 164 valence electrons. The van der Waals surface area contributed by atoms with Crippen molar-refractivity contribution in [2.75, 3.05) is 32.6 Å². The van der Waals surface area contributed by atoms with Crippen LogP contribution in [0.1, 0.15) is 35.7 Å². The minimum Gasteiger partial charge on any atom is -0.497 e. The molecule has 2 amide bonds. The molecule has 1 N–H and O–H groups in total. The second-order valence-corrected chi connectivity index (χ2v) is 6.92. The number of amides is 2. The molecule has 7 heteroatoms. The topological polar surface area (TPSA) is 84.9 Å². The largest absolute Gasteiger partial charge is 0.497 e. The Hall–Kier alpha value is -3.61. The average Bonchev–Trinajstić information content (AvgIpc) is 2.77. The third-order valence-corrected chi connectivity index (χ3v) is 4.38. The van der Waals surface area contributed by atoms with Crippen LogP contribution in [0.4, 0.5) is 5.69 Å². The standard InChI is InChI=1S/C24H28N2O5/c1-4-5-14-31-24(29)19-9-7-10-20(16-19)25-22(27)17-26(2)23(28)13-12-18-8-6-11-21(15-18)30-3/h6-13,15-16H,4-5,14,17H2,1-3H3,(H,25,27)/b13-12+. The fourth-order valence-electron chi connectivity index (χ4n) is 2.65. The predicted molar refractivity (Wildman–Crippen MR) is 120 cm³/mol. The van der Waals surface area contributed by atoms with Crippen LogP contribution in [0.3, 0.4) is 0 Å². The van der Waals surface area contributed by atoms with Crippen molar-refractivity contribution in [1.29, 1.82) is 0 Å². The number of benzene rings is 2. The molecule has 0 atom stereocenters. The Morgan fingerprint density at radius 3 is 2.61 bits per heavy atom. The lowest BCUT2D eigenvalue weighted by molar-refractivity contribution is -0.129. The summed E-state index contributed by atoms with van der Waals surface area (Å²) in [4.78, 5) is 38.0.